The Hall–Kier alpha value is -0.420. The molecule has 2 N–H and O–H groups in total. The van der Waals surface area contributed by atoms with Crippen LogP contribution in [-0.4, -0.2) is 37.2 Å². The molecule has 0 aliphatic carbocycles. The van der Waals surface area contributed by atoms with E-state index in [0.29, 0.717) is 6.54 Å². The summed E-state index contributed by atoms with van der Waals surface area (Å²) in [5, 5.41) is 2.19. The Kier molecular flexibility index (Phi) is 4.20. The molecule has 0 spiro atoms. The van der Waals surface area contributed by atoms with Crippen molar-refractivity contribution in [2.75, 3.05) is 26.8 Å². The van der Waals surface area contributed by atoms with Crippen molar-refractivity contribution in [1.29, 1.82) is 0 Å². The summed E-state index contributed by atoms with van der Waals surface area (Å²) in [6.45, 7) is 5.71. The van der Waals surface area contributed by atoms with E-state index < -0.39 is 0 Å². The van der Waals surface area contributed by atoms with Gasteiger partial charge >= 0.3 is 0 Å². The van der Waals surface area contributed by atoms with Crippen LogP contribution in [-0.2, 0) is 17.7 Å². The molecule has 0 saturated carbocycles. The topological polar surface area (TPSA) is 38.5 Å². The fraction of sp³-hybridized carbons (Fsp3) is 0.692. The predicted octanol–water partition coefficient (Wildman–Crippen LogP) is 1.86. The number of fused-ring (bicyclic) bond motifs is 1. The number of methoxy groups -OCH3 is 1. The molecule has 0 radical (unpaired) electrons. The SMILES string of the molecule is CCC(CN)(COC)N1CCc2sccc2C1. The van der Waals surface area contributed by atoms with Crippen molar-refractivity contribution in [2.45, 2.75) is 31.8 Å². The lowest BCUT2D eigenvalue weighted by molar-refractivity contribution is 0.00358. The molecular weight excluding hydrogens is 232 g/mol. The molecule has 2 heterocycles. The second-order valence-electron chi connectivity index (χ2n) is 4.76. The van der Waals surface area contributed by atoms with Crippen molar-refractivity contribution in [3.05, 3.63) is 21.9 Å². The van der Waals surface area contributed by atoms with Gasteiger partial charge in [0.05, 0.1) is 12.1 Å². The average molecular weight is 254 g/mol. The van der Waals surface area contributed by atoms with Gasteiger partial charge in [-0.05, 0) is 29.9 Å². The number of nitrogens with two attached hydrogens (primary N) is 1. The van der Waals surface area contributed by atoms with Crippen LogP contribution in [0.5, 0.6) is 0 Å². The quantitative estimate of drug-likeness (QED) is 0.871. The zero-order valence-electron chi connectivity index (χ0n) is 10.7. The van der Waals surface area contributed by atoms with Gasteiger partial charge in [0.2, 0.25) is 0 Å². The Morgan fingerprint density at radius 1 is 1.59 bits per heavy atom. The molecule has 1 aliphatic rings. The van der Waals surface area contributed by atoms with Gasteiger partial charge in [0.15, 0.2) is 0 Å². The average Bonchev–Trinajstić information content (AvgIpc) is 2.83. The summed E-state index contributed by atoms with van der Waals surface area (Å²) >= 11 is 1.88. The lowest BCUT2D eigenvalue weighted by Gasteiger charge is -2.44. The fourth-order valence-corrected chi connectivity index (χ4v) is 3.56. The molecule has 3 nitrogen and oxygen atoms in total. The summed E-state index contributed by atoms with van der Waals surface area (Å²) in [4.78, 5) is 4.05. The third kappa shape index (κ3) is 2.40. The molecule has 0 aromatic carbocycles. The lowest BCUT2D eigenvalue weighted by atomic mass is 9.92. The minimum absolute atomic E-state index is 0.00831. The number of hydrogen-bond donors (Lipinski definition) is 1. The van der Waals surface area contributed by atoms with Crippen molar-refractivity contribution < 1.29 is 4.74 Å². The summed E-state index contributed by atoms with van der Waals surface area (Å²) in [6.07, 6.45) is 2.19. The van der Waals surface area contributed by atoms with E-state index in [4.69, 9.17) is 10.5 Å². The number of ether oxygens (including phenoxy) is 1. The highest BCUT2D eigenvalue weighted by Gasteiger charge is 2.35. The standard InChI is InChI=1S/C13H22N2OS/c1-3-13(9-14,10-16-2)15-6-4-12-11(8-15)5-7-17-12/h5,7H,3-4,6,8-10,14H2,1-2H3. The third-order valence-corrected chi connectivity index (χ3v) is 4.95. The highest BCUT2D eigenvalue weighted by Crippen LogP contribution is 2.30. The van der Waals surface area contributed by atoms with Crippen molar-refractivity contribution in [3.8, 4) is 0 Å². The van der Waals surface area contributed by atoms with Gasteiger partial charge in [0.25, 0.3) is 0 Å². The Balaban J connectivity index is 2.16. The zero-order valence-corrected chi connectivity index (χ0v) is 11.6. The maximum Gasteiger partial charge on any atom is 0.0659 e. The van der Waals surface area contributed by atoms with Crippen molar-refractivity contribution in [1.82, 2.24) is 4.90 Å². The van der Waals surface area contributed by atoms with Crippen molar-refractivity contribution in [2.24, 2.45) is 5.73 Å². The van der Waals surface area contributed by atoms with Gasteiger partial charge in [-0.2, -0.15) is 0 Å². The predicted molar refractivity (Wildman–Crippen MR) is 72.4 cm³/mol. The maximum absolute atomic E-state index is 6.01. The van der Waals surface area contributed by atoms with Crippen LogP contribution in [0.15, 0.2) is 11.4 Å². The second kappa shape index (κ2) is 5.48. The van der Waals surface area contributed by atoms with E-state index in [1.165, 1.54) is 5.56 Å². The Morgan fingerprint density at radius 3 is 3.06 bits per heavy atom. The Labute approximate surface area is 108 Å². The molecule has 2 rings (SSSR count). The lowest BCUT2D eigenvalue weighted by Crippen LogP contribution is -2.57. The number of rotatable bonds is 5. The fourth-order valence-electron chi connectivity index (χ4n) is 2.67. The summed E-state index contributed by atoms with van der Waals surface area (Å²) in [7, 11) is 1.76. The number of hydrogen-bond acceptors (Lipinski definition) is 4. The normalized spacial score (nSPS) is 19.9. The highest BCUT2D eigenvalue weighted by molar-refractivity contribution is 7.10. The molecule has 0 bridgehead atoms. The van der Waals surface area contributed by atoms with Crippen LogP contribution in [0.3, 0.4) is 0 Å². The Bertz CT molecular complexity index is 360. The van der Waals surface area contributed by atoms with E-state index in [1.807, 2.05) is 11.3 Å². The van der Waals surface area contributed by atoms with Crippen LogP contribution in [0.25, 0.3) is 0 Å². The van der Waals surface area contributed by atoms with E-state index in [1.54, 1.807) is 12.0 Å². The van der Waals surface area contributed by atoms with Gasteiger partial charge in [0, 0.05) is 31.6 Å². The van der Waals surface area contributed by atoms with Crippen LogP contribution in [0.1, 0.15) is 23.8 Å². The van der Waals surface area contributed by atoms with E-state index >= 15 is 0 Å². The van der Waals surface area contributed by atoms with Gasteiger partial charge in [-0.25, -0.2) is 0 Å². The molecule has 96 valence electrons. The molecule has 0 fully saturated rings. The van der Waals surface area contributed by atoms with Gasteiger partial charge in [0.1, 0.15) is 0 Å². The highest BCUT2D eigenvalue weighted by atomic mass is 32.1. The first kappa shape index (κ1) is 13.0. The van der Waals surface area contributed by atoms with Gasteiger partial charge in [-0.1, -0.05) is 6.92 Å². The summed E-state index contributed by atoms with van der Waals surface area (Å²) in [5.74, 6) is 0. The molecule has 1 aliphatic heterocycles. The molecule has 17 heavy (non-hydrogen) atoms. The van der Waals surface area contributed by atoms with Crippen LogP contribution in [0.4, 0.5) is 0 Å². The third-order valence-electron chi connectivity index (χ3n) is 3.93. The summed E-state index contributed by atoms with van der Waals surface area (Å²) < 4.78 is 5.39. The molecule has 0 saturated heterocycles. The Morgan fingerprint density at radius 2 is 2.41 bits per heavy atom. The second-order valence-corrected chi connectivity index (χ2v) is 5.76. The first-order valence-corrected chi connectivity index (χ1v) is 7.13. The van der Waals surface area contributed by atoms with Gasteiger partial charge < -0.3 is 10.5 Å². The molecule has 1 aromatic rings. The summed E-state index contributed by atoms with van der Waals surface area (Å²) in [5.41, 5.74) is 7.50. The van der Waals surface area contributed by atoms with Crippen molar-refractivity contribution in [3.63, 3.8) is 0 Å². The van der Waals surface area contributed by atoms with Crippen molar-refractivity contribution >= 4 is 11.3 Å². The minimum atomic E-state index is 0.00831. The van der Waals surface area contributed by atoms with E-state index in [-0.39, 0.29) is 5.54 Å². The molecule has 0 amide bonds. The van der Waals surface area contributed by atoms with Gasteiger partial charge in [-0.3, -0.25) is 4.90 Å². The smallest absolute Gasteiger partial charge is 0.0659 e. The number of thiophene rings is 1. The largest absolute Gasteiger partial charge is 0.383 e. The van der Waals surface area contributed by atoms with Gasteiger partial charge in [-0.15, -0.1) is 11.3 Å². The molecule has 1 unspecified atom stereocenters. The van der Waals surface area contributed by atoms with E-state index in [0.717, 1.165) is 32.5 Å². The molecule has 4 heteroatoms. The van der Waals surface area contributed by atoms with Crippen LogP contribution < -0.4 is 5.73 Å². The first-order chi connectivity index (χ1) is 8.25. The molecular formula is C13H22N2OS. The summed E-state index contributed by atoms with van der Waals surface area (Å²) in [6, 6.07) is 2.25. The monoisotopic (exact) mass is 254 g/mol. The zero-order chi connectivity index (χ0) is 12.3. The maximum atomic E-state index is 6.01. The minimum Gasteiger partial charge on any atom is -0.383 e. The molecule has 1 aromatic heterocycles. The van der Waals surface area contributed by atoms with Crippen LogP contribution >= 0.6 is 11.3 Å². The van der Waals surface area contributed by atoms with Crippen LogP contribution in [0, 0.1) is 0 Å². The first-order valence-electron chi connectivity index (χ1n) is 6.25. The number of nitrogens with zero attached hydrogens (tertiary/aromatic N) is 1. The van der Waals surface area contributed by atoms with E-state index in [2.05, 4.69) is 23.3 Å². The molecule has 1 atom stereocenters. The van der Waals surface area contributed by atoms with Crippen LogP contribution in [0.2, 0.25) is 0 Å². The van der Waals surface area contributed by atoms with E-state index in [9.17, 15) is 0 Å².